The molecule has 1 saturated carbocycles. The highest BCUT2D eigenvalue weighted by molar-refractivity contribution is 5.97. The average molecular weight is 380 g/mol. The van der Waals surface area contributed by atoms with Gasteiger partial charge in [-0.25, -0.2) is 0 Å². The first kappa shape index (κ1) is 18.9. The number of aromatic nitrogens is 1. The molecular weight excluding hydrogens is 350 g/mol. The molecule has 1 aliphatic carbocycles. The number of amides is 2. The van der Waals surface area contributed by atoms with Crippen LogP contribution in [0, 0.1) is 17.8 Å². The lowest BCUT2D eigenvalue weighted by Gasteiger charge is -2.36. The molecule has 2 aromatic rings. The van der Waals surface area contributed by atoms with Gasteiger partial charge in [0.1, 0.15) is 0 Å². The topological polar surface area (TPSA) is 62.3 Å². The molecule has 2 fully saturated rings. The summed E-state index contributed by atoms with van der Waals surface area (Å²) in [5.74, 6) is 1.43. The molecule has 2 heterocycles. The Morgan fingerprint density at radius 3 is 2.50 bits per heavy atom. The van der Waals surface area contributed by atoms with E-state index in [1.165, 1.54) is 12.8 Å². The first-order valence-corrected chi connectivity index (χ1v) is 10.5. The molecule has 1 unspecified atom stereocenters. The third-order valence-electron chi connectivity index (χ3n) is 6.49. The van der Waals surface area contributed by atoms with Gasteiger partial charge >= 0.3 is 0 Å². The fraction of sp³-hybridized carbons (Fsp3) is 0.522. The van der Waals surface area contributed by atoms with E-state index in [9.17, 15) is 9.59 Å². The van der Waals surface area contributed by atoms with Gasteiger partial charge in [0, 0.05) is 36.6 Å². The molecule has 28 heavy (non-hydrogen) atoms. The van der Waals surface area contributed by atoms with Crippen LogP contribution in [-0.2, 0) is 4.79 Å². The monoisotopic (exact) mass is 379 g/mol. The van der Waals surface area contributed by atoms with Gasteiger partial charge in [-0.1, -0.05) is 25.1 Å². The lowest BCUT2D eigenvalue weighted by atomic mass is 9.89. The molecule has 1 saturated heterocycles. The molecule has 1 N–H and O–H groups in total. The van der Waals surface area contributed by atoms with E-state index in [2.05, 4.69) is 24.1 Å². The fourth-order valence-corrected chi connectivity index (χ4v) is 4.31. The number of hydrogen-bond donors (Lipinski definition) is 1. The molecule has 0 spiro atoms. The standard InChI is InChI=1S/C23H29N3O2/c1-15(17-7-8-17)23(28)26-11-9-18(10-12-26)16(2)25-22(27)20-13-19-5-3-4-6-21(19)24-14-20/h3-6,13-18H,7-12H2,1-2H3,(H,25,27)/t15?,16-/m1/s1. The third-order valence-corrected chi connectivity index (χ3v) is 6.49. The Balaban J connectivity index is 1.31. The number of carbonyl (C=O) groups is 2. The maximum Gasteiger partial charge on any atom is 0.253 e. The molecule has 1 aliphatic heterocycles. The number of fused-ring (bicyclic) bond motifs is 1. The second kappa shape index (κ2) is 7.90. The SMILES string of the molecule is CC(C(=O)N1CCC([C@@H](C)NC(=O)c2cnc3ccccc3c2)CC1)C1CC1. The van der Waals surface area contributed by atoms with Crippen molar-refractivity contribution in [2.75, 3.05) is 13.1 Å². The number of pyridine rings is 1. The molecule has 4 rings (SSSR count). The van der Waals surface area contributed by atoms with Gasteiger partial charge in [-0.3, -0.25) is 14.6 Å². The summed E-state index contributed by atoms with van der Waals surface area (Å²) in [4.78, 5) is 31.7. The Hall–Kier alpha value is -2.43. The first-order chi connectivity index (χ1) is 13.5. The Morgan fingerprint density at radius 2 is 1.79 bits per heavy atom. The van der Waals surface area contributed by atoms with E-state index in [1.807, 2.05) is 35.2 Å². The van der Waals surface area contributed by atoms with Gasteiger partial charge in [-0.05, 0) is 56.6 Å². The van der Waals surface area contributed by atoms with Gasteiger partial charge in [-0.2, -0.15) is 0 Å². The van der Waals surface area contributed by atoms with E-state index in [0.717, 1.165) is 36.8 Å². The van der Waals surface area contributed by atoms with Crippen LogP contribution in [0.25, 0.3) is 10.9 Å². The van der Waals surface area contributed by atoms with Crippen LogP contribution in [0.3, 0.4) is 0 Å². The van der Waals surface area contributed by atoms with Crippen LogP contribution in [0.4, 0.5) is 0 Å². The van der Waals surface area contributed by atoms with Crippen molar-refractivity contribution in [1.82, 2.24) is 15.2 Å². The molecule has 5 heteroatoms. The van der Waals surface area contributed by atoms with E-state index in [4.69, 9.17) is 0 Å². The molecule has 2 amide bonds. The van der Waals surface area contributed by atoms with Crippen molar-refractivity contribution in [3.8, 4) is 0 Å². The zero-order valence-electron chi connectivity index (χ0n) is 16.7. The number of rotatable bonds is 5. The summed E-state index contributed by atoms with van der Waals surface area (Å²) in [5.41, 5.74) is 1.49. The minimum atomic E-state index is -0.0772. The highest BCUT2D eigenvalue weighted by atomic mass is 16.2. The normalized spacial score (nSPS) is 20.0. The van der Waals surface area contributed by atoms with Crippen LogP contribution < -0.4 is 5.32 Å². The van der Waals surface area contributed by atoms with Crippen molar-refractivity contribution in [2.24, 2.45) is 17.8 Å². The lowest BCUT2D eigenvalue weighted by molar-refractivity contribution is -0.137. The molecule has 148 valence electrons. The Bertz CT molecular complexity index is 869. The second-order valence-electron chi connectivity index (χ2n) is 8.47. The predicted molar refractivity (Wildman–Crippen MR) is 110 cm³/mol. The number of carbonyl (C=O) groups excluding carboxylic acids is 2. The predicted octanol–water partition coefficient (Wildman–Crippen LogP) is 3.64. The van der Waals surface area contributed by atoms with E-state index >= 15 is 0 Å². The van der Waals surface area contributed by atoms with Crippen LogP contribution in [0.15, 0.2) is 36.5 Å². The van der Waals surface area contributed by atoms with E-state index in [1.54, 1.807) is 6.20 Å². The minimum absolute atomic E-state index is 0.0772. The summed E-state index contributed by atoms with van der Waals surface area (Å²) in [7, 11) is 0. The molecule has 1 aromatic carbocycles. The summed E-state index contributed by atoms with van der Waals surface area (Å²) >= 11 is 0. The van der Waals surface area contributed by atoms with Crippen LogP contribution >= 0.6 is 0 Å². The van der Waals surface area contributed by atoms with Gasteiger partial charge in [0.2, 0.25) is 5.91 Å². The van der Waals surface area contributed by atoms with Crippen molar-refractivity contribution in [3.05, 3.63) is 42.1 Å². The summed E-state index contributed by atoms with van der Waals surface area (Å²) in [6.45, 7) is 5.75. The minimum Gasteiger partial charge on any atom is -0.349 e. The summed E-state index contributed by atoms with van der Waals surface area (Å²) < 4.78 is 0. The highest BCUT2D eigenvalue weighted by Crippen LogP contribution is 2.38. The number of piperidine rings is 1. The molecule has 1 aromatic heterocycles. The Morgan fingerprint density at radius 1 is 1.07 bits per heavy atom. The van der Waals surface area contributed by atoms with Crippen molar-refractivity contribution >= 4 is 22.7 Å². The largest absolute Gasteiger partial charge is 0.349 e. The molecule has 2 atom stereocenters. The molecule has 0 bridgehead atoms. The number of nitrogens with zero attached hydrogens (tertiary/aromatic N) is 2. The van der Waals surface area contributed by atoms with Crippen LogP contribution in [-0.4, -0.2) is 40.8 Å². The molecule has 2 aliphatic rings. The van der Waals surface area contributed by atoms with Crippen LogP contribution in [0.5, 0.6) is 0 Å². The van der Waals surface area contributed by atoms with Gasteiger partial charge in [0.15, 0.2) is 0 Å². The number of likely N-dealkylation sites (tertiary alicyclic amines) is 1. The van der Waals surface area contributed by atoms with E-state index < -0.39 is 0 Å². The Labute approximate surface area is 166 Å². The zero-order valence-corrected chi connectivity index (χ0v) is 16.7. The first-order valence-electron chi connectivity index (χ1n) is 10.5. The van der Waals surface area contributed by atoms with Gasteiger partial charge < -0.3 is 10.2 Å². The van der Waals surface area contributed by atoms with Crippen LogP contribution in [0.1, 0.15) is 49.9 Å². The second-order valence-corrected chi connectivity index (χ2v) is 8.47. The van der Waals surface area contributed by atoms with E-state index in [-0.39, 0.29) is 17.9 Å². The molecular formula is C23H29N3O2. The highest BCUT2D eigenvalue weighted by Gasteiger charge is 2.36. The number of nitrogens with one attached hydrogen (secondary N) is 1. The Kier molecular flexibility index (Phi) is 5.33. The third kappa shape index (κ3) is 4.03. The zero-order chi connectivity index (χ0) is 19.7. The van der Waals surface area contributed by atoms with Gasteiger partial charge in [0.05, 0.1) is 11.1 Å². The fourth-order valence-electron chi connectivity index (χ4n) is 4.31. The van der Waals surface area contributed by atoms with E-state index in [0.29, 0.717) is 23.3 Å². The average Bonchev–Trinajstić information content (AvgIpc) is 3.57. The lowest BCUT2D eigenvalue weighted by Crippen LogP contribution is -2.46. The summed E-state index contributed by atoms with van der Waals surface area (Å²) in [6.07, 6.45) is 5.94. The summed E-state index contributed by atoms with van der Waals surface area (Å²) in [6, 6.07) is 9.78. The number of benzene rings is 1. The number of para-hydroxylation sites is 1. The quantitative estimate of drug-likeness (QED) is 0.863. The maximum atomic E-state index is 12.7. The molecule has 5 nitrogen and oxygen atoms in total. The van der Waals surface area contributed by atoms with Crippen molar-refractivity contribution in [1.29, 1.82) is 0 Å². The van der Waals surface area contributed by atoms with Crippen molar-refractivity contribution in [3.63, 3.8) is 0 Å². The van der Waals surface area contributed by atoms with Gasteiger partial charge in [-0.15, -0.1) is 0 Å². The van der Waals surface area contributed by atoms with Crippen molar-refractivity contribution in [2.45, 2.75) is 45.6 Å². The van der Waals surface area contributed by atoms with Gasteiger partial charge in [0.25, 0.3) is 5.91 Å². The summed E-state index contributed by atoms with van der Waals surface area (Å²) in [5, 5.41) is 4.11. The maximum absolute atomic E-state index is 12.7. The smallest absolute Gasteiger partial charge is 0.253 e. The number of hydrogen-bond acceptors (Lipinski definition) is 3. The van der Waals surface area contributed by atoms with Crippen LogP contribution in [0.2, 0.25) is 0 Å². The van der Waals surface area contributed by atoms with Crippen molar-refractivity contribution < 1.29 is 9.59 Å². The molecule has 0 radical (unpaired) electrons.